The quantitative estimate of drug-likeness (QED) is 0.593. The van der Waals surface area contributed by atoms with Crippen molar-refractivity contribution in [1.82, 2.24) is 15.1 Å². The number of nitrogens with one attached hydrogen (secondary N) is 3. The monoisotopic (exact) mass is 391 g/mol. The number of hydrogen-bond donors (Lipinski definition) is 3. The first-order chi connectivity index (χ1) is 13.9. The summed E-state index contributed by atoms with van der Waals surface area (Å²) in [5, 5.41) is 12.9. The molecule has 3 amide bonds. The van der Waals surface area contributed by atoms with Gasteiger partial charge in [-0.05, 0) is 44.5 Å². The van der Waals surface area contributed by atoms with Gasteiger partial charge in [0.15, 0.2) is 0 Å². The van der Waals surface area contributed by atoms with E-state index in [9.17, 15) is 9.59 Å². The zero-order chi connectivity index (χ0) is 20.8. The summed E-state index contributed by atoms with van der Waals surface area (Å²) in [6.45, 7) is 6.20. The predicted molar refractivity (Wildman–Crippen MR) is 114 cm³/mol. The molecule has 0 aliphatic heterocycles. The molecule has 0 radical (unpaired) electrons. The second kappa shape index (κ2) is 9.05. The predicted octanol–water partition coefficient (Wildman–Crippen LogP) is 4.02. The first-order valence-corrected chi connectivity index (χ1v) is 9.48. The van der Waals surface area contributed by atoms with Crippen molar-refractivity contribution < 1.29 is 9.59 Å². The van der Waals surface area contributed by atoms with E-state index < -0.39 is 0 Å². The van der Waals surface area contributed by atoms with Gasteiger partial charge >= 0.3 is 6.03 Å². The summed E-state index contributed by atoms with van der Waals surface area (Å²) in [6.07, 6.45) is 0. The van der Waals surface area contributed by atoms with E-state index in [1.807, 2.05) is 57.2 Å². The van der Waals surface area contributed by atoms with Gasteiger partial charge in [0, 0.05) is 23.4 Å². The number of carbonyl (C=O) groups excluding carboxylic acids is 2. The van der Waals surface area contributed by atoms with Crippen LogP contribution in [0.5, 0.6) is 0 Å². The van der Waals surface area contributed by atoms with Gasteiger partial charge in [-0.25, -0.2) is 9.48 Å². The molecule has 1 heterocycles. The molecule has 0 unspecified atom stereocenters. The number of benzene rings is 2. The van der Waals surface area contributed by atoms with Crippen molar-refractivity contribution >= 4 is 23.4 Å². The molecule has 0 atom stereocenters. The van der Waals surface area contributed by atoms with Gasteiger partial charge in [-0.2, -0.15) is 5.10 Å². The molecule has 7 nitrogen and oxygen atoms in total. The number of aromatic nitrogens is 2. The molecule has 3 rings (SSSR count). The minimum Gasteiger partial charge on any atom is -0.336 e. The molecule has 0 aliphatic rings. The molecule has 0 spiro atoms. The van der Waals surface area contributed by atoms with E-state index in [1.54, 1.807) is 28.9 Å². The van der Waals surface area contributed by atoms with Crippen molar-refractivity contribution in [3.8, 4) is 0 Å². The third kappa shape index (κ3) is 5.68. The number of carbonyl (C=O) groups is 2. The van der Waals surface area contributed by atoms with E-state index in [0.29, 0.717) is 23.6 Å². The van der Waals surface area contributed by atoms with Gasteiger partial charge in [-0.3, -0.25) is 4.79 Å². The molecular weight excluding hydrogens is 366 g/mol. The maximum atomic E-state index is 12.8. The van der Waals surface area contributed by atoms with Crippen molar-refractivity contribution in [3.05, 3.63) is 77.5 Å². The zero-order valence-corrected chi connectivity index (χ0v) is 16.8. The molecular formula is C22H25N5O2. The Morgan fingerprint density at radius 1 is 1.00 bits per heavy atom. The van der Waals surface area contributed by atoms with Crippen LogP contribution in [0.2, 0.25) is 0 Å². The number of rotatable bonds is 6. The average Bonchev–Trinajstić information content (AvgIpc) is 3.00. The number of nitrogens with zero attached hydrogens (tertiary/aromatic N) is 2. The van der Waals surface area contributed by atoms with Crippen LogP contribution in [-0.2, 0) is 6.54 Å². The second-order valence-corrected chi connectivity index (χ2v) is 7.10. The Labute approximate surface area is 170 Å². The van der Waals surface area contributed by atoms with Gasteiger partial charge in [0.25, 0.3) is 5.91 Å². The number of urea groups is 1. The summed E-state index contributed by atoms with van der Waals surface area (Å²) in [7, 11) is 0. The first kappa shape index (κ1) is 20.1. The maximum absolute atomic E-state index is 12.8. The number of aryl methyl sites for hydroxylation is 1. The van der Waals surface area contributed by atoms with Crippen LogP contribution in [0.4, 0.5) is 16.3 Å². The van der Waals surface area contributed by atoms with Crippen molar-refractivity contribution in [2.24, 2.45) is 0 Å². The Morgan fingerprint density at radius 3 is 2.48 bits per heavy atom. The van der Waals surface area contributed by atoms with Crippen LogP contribution in [0.3, 0.4) is 0 Å². The van der Waals surface area contributed by atoms with E-state index in [2.05, 4.69) is 21.0 Å². The molecule has 3 aromatic rings. The fraction of sp³-hybridized carbons (Fsp3) is 0.227. The third-order valence-electron chi connectivity index (χ3n) is 4.12. The fourth-order valence-corrected chi connectivity index (χ4v) is 2.88. The van der Waals surface area contributed by atoms with E-state index in [1.165, 1.54) is 0 Å². The first-order valence-electron chi connectivity index (χ1n) is 9.48. The second-order valence-electron chi connectivity index (χ2n) is 7.10. The topological polar surface area (TPSA) is 88.0 Å². The summed E-state index contributed by atoms with van der Waals surface area (Å²) in [4.78, 5) is 24.6. The van der Waals surface area contributed by atoms with Gasteiger partial charge in [0.2, 0.25) is 0 Å². The molecule has 0 saturated carbocycles. The fourth-order valence-electron chi connectivity index (χ4n) is 2.88. The number of amides is 3. The molecule has 0 aliphatic carbocycles. The Morgan fingerprint density at radius 2 is 1.76 bits per heavy atom. The third-order valence-corrected chi connectivity index (χ3v) is 4.12. The van der Waals surface area contributed by atoms with Gasteiger partial charge in [0.05, 0.1) is 12.2 Å². The van der Waals surface area contributed by atoms with Crippen LogP contribution in [0.1, 0.15) is 35.5 Å². The molecule has 0 saturated heterocycles. The molecule has 2 aromatic carbocycles. The van der Waals surface area contributed by atoms with Crippen molar-refractivity contribution in [2.45, 2.75) is 33.4 Å². The summed E-state index contributed by atoms with van der Waals surface area (Å²) in [5.41, 5.74) is 2.90. The molecule has 0 bridgehead atoms. The Kier molecular flexibility index (Phi) is 6.29. The zero-order valence-electron chi connectivity index (χ0n) is 16.8. The smallest absolute Gasteiger partial charge is 0.319 e. The van der Waals surface area contributed by atoms with Crippen molar-refractivity contribution in [2.75, 3.05) is 10.6 Å². The lowest BCUT2D eigenvalue weighted by Crippen LogP contribution is -2.34. The summed E-state index contributed by atoms with van der Waals surface area (Å²) in [6, 6.07) is 18.3. The van der Waals surface area contributed by atoms with Crippen LogP contribution >= 0.6 is 0 Å². The highest BCUT2D eigenvalue weighted by molar-refractivity contribution is 6.05. The molecule has 29 heavy (non-hydrogen) atoms. The van der Waals surface area contributed by atoms with Gasteiger partial charge < -0.3 is 16.0 Å². The Hall–Kier alpha value is -3.61. The molecule has 3 N–H and O–H groups in total. The normalized spacial score (nSPS) is 10.6. The van der Waals surface area contributed by atoms with E-state index in [-0.39, 0.29) is 18.0 Å². The van der Waals surface area contributed by atoms with Crippen molar-refractivity contribution in [3.63, 3.8) is 0 Å². The maximum Gasteiger partial charge on any atom is 0.319 e. The van der Waals surface area contributed by atoms with E-state index >= 15 is 0 Å². The Balaban J connectivity index is 1.72. The SMILES string of the molecule is Cc1cc(NC(=O)c2cccc(NC(=O)NC(C)C)c2)n(Cc2ccccc2)n1. The highest BCUT2D eigenvalue weighted by Gasteiger charge is 2.13. The van der Waals surface area contributed by atoms with Crippen molar-refractivity contribution in [1.29, 1.82) is 0 Å². The van der Waals surface area contributed by atoms with Crippen LogP contribution < -0.4 is 16.0 Å². The minimum absolute atomic E-state index is 0.0228. The lowest BCUT2D eigenvalue weighted by atomic mass is 10.2. The summed E-state index contributed by atoms with van der Waals surface area (Å²) < 4.78 is 1.76. The molecule has 150 valence electrons. The molecule has 0 fully saturated rings. The van der Waals surface area contributed by atoms with Gasteiger partial charge in [-0.15, -0.1) is 0 Å². The summed E-state index contributed by atoms with van der Waals surface area (Å²) >= 11 is 0. The summed E-state index contributed by atoms with van der Waals surface area (Å²) in [5.74, 6) is 0.347. The largest absolute Gasteiger partial charge is 0.336 e. The van der Waals surface area contributed by atoms with Crippen LogP contribution in [-0.4, -0.2) is 27.8 Å². The number of anilines is 2. The average molecular weight is 391 g/mol. The lowest BCUT2D eigenvalue weighted by Gasteiger charge is -2.12. The molecule has 1 aromatic heterocycles. The minimum atomic E-state index is -0.311. The van der Waals surface area contributed by atoms with Gasteiger partial charge in [-0.1, -0.05) is 36.4 Å². The number of hydrogen-bond acceptors (Lipinski definition) is 3. The van der Waals surface area contributed by atoms with Crippen LogP contribution in [0, 0.1) is 6.92 Å². The lowest BCUT2D eigenvalue weighted by molar-refractivity contribution is 0.102. The highest BCUT2D eigenvalue weighted by atomic mass is 16.2. The van der Waals surface area contributed by atoms with Crippen LogP contribution in [0.15, 0.2) is 60.7 Å². The Bertz CT molecular complexity index is 995. The van der Waals surface area contributed by atoms with Crippen LogP contribution in [0.25, 0.3) is 0 Å². The molecule has 7 heteroatoms. The standard InChI is InChI=1S/C22H25N5O2/c1-15(2)23-22(29)24-19-11-7-10-18(13-19)21(28)25-20-12-16(3)26-27(20)14-17-8-5-4-6-9-17/h4-13,15H,14H2,1-3H3,(H,25,28)(H2,23,24,29). The van der Waals surface area contributed by atoms with E-state index in [4.69, 9.17) is 0 Å². The van der Waals surface area contributed by atoms with E-state index in [0.717, 1.165) is 11.3 Å². The highest BCUT2D eigenvalue weighted by Crippen LogP contribution is 2.16. The van der Waals surface area contributed by atoms with Gasteiger partial charge in [0.1, 0.15) is 5.82 Å².